The van der Waals surface area contributed by atoms with Gasteiger partial charge in [-0.15, -0.1) is 0 Å². The van der Waals surface area contributed by atoms with Crippen molar-refractivity contribution in [2.75, 3.05) is 38.3 Å². The predicted octanol–water partition coefficient (Wildman–Crippen LogP) is 1.95. The molecule has 1 aromatic rings. The third-order valence-corrected chi connectivity index (χ3v) is 3.41. The molecule has 5 heteroatoms. The molecule has 0 atom stereocenters. The maximum Gasteiger partial charge on any atom is 0.131 e. The average Bonchev–Trinajstić information content (AvgIpc) is 2.66. The lowest BCUT2D eigenvalue weighted by atomic mass is 10.2. The van der Waals surface area contributed by atoms with E-state index in [1.807, 2.05) is 11.7 Å². The third-order valence-electron chi connectivity index (χ3n) is 3.41. The Kier molecular flexibility index (Phi) is 7.02. The molecular weight excluding hydrogens is 252 g/mol. The summed E-state index contributed by atoms with van der Waals surface area (Å²) in [6.45, 7) is 13.2. The zero-order valence-electron chi connectivity index (χ0n) is 13.9. The second-order valence-corrected chi connectivity index (χ2v) is 5.61. The first-order valence-corrected chi connectivity index (χ1v) is 7.48. The first-order valence-electron chi connectivity index (χ1n) is 7.48. The number of nitrogens with one attached hydrogen (secondary N) is 1. The summed E-state index contributed by atoms with van der Waals surface area (Å²) >= 11 is 0. The molecule has 0 saturated heterocycles. The van der Waals surface area contributed by atoms with Gasteiger partial charge in [-0.3, -0.25) is 4.68 Å². The molecule has 1 heterocycles. The molecular formula is C15H30N4O. The number of aromatic nitrogens is 2. The van der Waals surface area contributed by atoms with E-state index in [-0.39, 0.29) is 0 Å². The Hall–Kier alpha value is -1.07. The quantitative estimate of drug-likeness (QED) is 0.752. The van der Waals surface area contributed by atoms with E-state index in [4.69, 9.17) is 4.74 Å². The molecule has 0 aromatic carbocycles. The van der Waals surface area contributed by atoms with Crippen LogP contribution in [0.25, 0.3) is 0 Å². The summed E-state index contributed by atoms with van der Waals surface area (Å²) in [5.74, 6) is 1.87. The Labute approximate surface area is 123 Å². The van der Waals surface area contributed by atoms with E-state index in [1.165, 1.54) is 11.4 Å². The maximum atomic E-state index is 5.21. The van der Waals surface area contributed by atoms with E-state index in [9.17, 15) is 0 Å². The predicted molar refractivity (Wildman–Crippen MR) is 84.3 cm³/mol. The van der Waals surface area contributed by atoms with E-state index < -0.39 is 0 Å². The van der Waals surface area contributed by atoms with Crippen molar-refractivity contribution in [3.05, 3.63) is 11.3 Å². The van der Waals surface area contributed by atoms with Gasteiger partial charge in [-0.2, -0.15) is 5.10 Å². The number of hydrogen-bond donors (Lipinski definition) is 1. The molecule has 0 spiro atoms. The van der Waals surface area contributed by atoms with Crippen LogP contribution in [0.4, 0.5) is 5.82 Å². The van der Waals surface area contributed by atoms with Gasteiger partial charge in [0, 0.05) is 39.4 Å². The van der Waals surface area contributed by atoms with Crippen LogP contribution in [0, 0.1) is 12.8 Å². The molecule has 0 amide bonds. The highest BCUT2D eigenvalue weighted by atomic mass is 16.5. The first kappa shape index (κ1) is 17.0. The van der Waals surface area contributed by atoms with Gasteiger partial charge in [-0.25, -0.2) is 0 Å². The molecule has 0 radical (unpaired) electrons. The summed E-state index contributed by atoms with van der Waals surface area (Å²) in [5.41, 5.74) is 2.40. The van der Waals surface area contributed by atoms with Gasteiger partial charge in [0.1, 0.15) is 5.82 Å². The molecule has 0 aliphatic carbocycles. The van der Waals surface area contributed by atoms with Crippen LogP contribution < -0.4 is 10.2 Å². The molecule has 1 rings (SSSR count). The summed E-state index contributed by atoms with van der Waals surface area (Å²) in [6, 6.07) is 0. The Morgan fingerprint density at radius 3 is 2.65 bits per heavy atom. The van der Waals surface area contributed by atoms with Crippen LogP contribution in [0.2, 0.25) is 0 Å². The minimum absolute atomic E-state index is 0.659. The van der Waals surface area contributed by atoms with Crippen molar-refractivity contribution >= 4 is 5.82 Å². The van der Waals surface area contributed by atoms with Crippen molar-refractivity contribution in [1.82, 2.24) is 15.1 Å². The molecule has 0 fully saturated rings. The van der Waals surface area contributed by atoms with Crippen molar-refractivity contribution in [2.45, 2.75) is 34.2 Å². The summed E-state index contributed by atoms with van der Waals surface area (Å²) in [7, 11) is 3.76. The van der Waals surface area contributed by atoms with Crippen LogP contribution in [0.3, 0.4) is 0 Å². The number of likely N-dealkylation sites (N-methyl/N-ethyl adjacent to an activating group) is 1. The topological polar surface area (TPSA) is 42.3 Å². The van der Waals surface area contributed by atoms with Crippen molar-refractivity contribution in [3.63, 3.8) is 0 Å². The number of nitrogens with zero attached hydrogens (tertiary/aromatic N) is 3. The fourth-order valence-corrected chi connectivity index (χ4v) is 2.39. The van der Waals surface area contributed by atoms with Crippen molar-refractivity contribution in [2.24, 2.45) is 13.0 Å². The first-order chi connectivity index (χ1) is 9.51. The molecule has 5 nitrogen and oxygen atoms in total. The summed E-state index contributed by atoms with van der Waals surface area (Å²) in [4.78, 5) is 2.33. The van der Waals surface area contributed by atoms with Gasteiger partial charge in [-0.1, -0.05) is 13.8 Å². The number of ether oxygens (including phenoxy) is 1. The number of methoxy groups -OCH3 is 1. The number of rotatable bonds is 9. The summed E-state index contributed by atoms with van der Waals surface area (Å²) in [5, 5.41) is 8.10. The summed E-state index contributed by atoms with van der Waals surface area (Å²) in [6.07, 6.45) is 0. The van der Waals surface area contributed by atoms with Crippen molar-refractivity contribution in [1.29, 1.82) is 0 Å². The molecule has 1 aromatic heterocycles. The highest BCUT2D eigenvalue weighted by Gasteiger charge is 2.18. The van der Waals surface area contributed by atoms with Crippen LogP contribution in [0.1, 0.15) is 32.0 Å². The van der Waals surface area contributed by atoms with Gasteiger partial charge in [0.15, 0.2) is 0 Å². The zero-order chi connectivity index (χ0) is 15.1. The molecule has 0 bridgehead atoms. The van der Waals surface area contributed by atoms with E-state index in [0.717, 1.165) is 38.5 Å². The molecule has 20 heavy (non-hydrogen) atoms. The van der Waals surface area contributed by atoms with Crippen LogP contribution >= 0.6 is 0 Å². The smallest absolute Gasteiger partial charge is 0.131 e. The van der Waals surface area contributed by atoms with E-state index >= 15 is 0 Å². The average molecular weight is 282 g/mol. The van der Waals surface area contributed by atoms with Crippen LogP contribution in [0.5, 0.6) is 0 Å². The van der Waals surface area contributed by atoms with Gasteiger partial charge in [0.05, 0.1) is 12.3 Å². The molecule has 0 aliphatic rings. The molecule has 0 saturated carbocycles. The largest absolute Gasteiger partial charge is 0.383 e. The minimum Gasteiger partial charge on any atom is -0.383 e. The summed E-state index contributed by atoms with van der Waals surface area (Å²) < 4.78 is 7.19. The van der Waals surface area contributed by atoms with E-state index in [1.54, 1.807) is 7.11 Å². The van der Waals surface area contributed by atoms with E-state index in [0.29, 0.717) is 5.92 Å². The minimum atomic E-state index is 0.659. The Balaban J connectivity index is 2.86. The van der Waals surface area contributed by atoms with Gasteiger partial charge in [0.25, 0.3) is 0 Å². The fourth-order valence-electron chi connectivity index (χ4n) is 2.39. The number of hydrogen-bond acceptors (Lipinski definition) is 4. The van der Waals surface area contributed by atoms with Crippen LogP contribution in [0.15, 0.2) is 0 Å². The molecule has 1 N–H and O–H groups in total. The maximum absolute atomic E-state index is 5.21. The SMILES string of the molecule is CCN(CCOC)c1c(CNCC(C)C)c(C)nn1C. The Morgan fingerprint density at radius 1 is 1.40 bits per heavy atom. The van der Waals surface area contributed by atoms with E-state index in [2.05, 4.69) is 43.0 Å². The van der Waals surface area contributed by atoms with Gasteiger partial charge in [-0.05, 0) is 26.3 Å². The fraction of sp³-hybridized carbons (Fsp3) is 0.800. The molecule has 116 valence electrons. The lowest BCUT2D eigenvalue weighted by Gasteiger charge is -2.24. The second-order valence-electron chi connectivity index (χ2n) is 5.61. The third kappa shape index (κ3) is 4.49. The van der Waals surface area contributed by atoms with Gasteiger partial charge < -0.3 is 15.0 Å². The Morgan fingerprint density at radius 2 is 2.10 bits per heavy atom. The molecule has 0 unspecified atom stereocenters. The van der Waals surface area contributed by atoms with Gasteiger partial charge >= 0.3 is 0 Å². The number of anilines is 1. The number of aryl methyl sites for hydroxylation is 2. The van der Waals surface area contributed by atoms with Crippen LogP contribution in [-0.2, 0) is 18.3 Å². The highest BCUT2D eigenvalue weighted by Crippen LogP contribution is 2.23. The van der Waals surface area contributed by atoms with Gasteiger partial charge in [0.2, 0.25) is 0 Å². The lowest BCUT2D eigenvalue weighted by molar-refractivity contribution is 0.205. The zero-order valence-corrected chi connectivity index (χ0v) is 13.9. The second kappa shape index (κ2) is 8.27. The normalized spacial score (nSPS) is 11.3. The Bertz CT molecular complexity index is 401. The van der Waals surface area contributed by atoms with Crippen molar-refractivity contribution < 1.29 is 4.74 Å². The highest BCUT2D eigenvalue weighted by molar-refractivity contribution is 5.50. The van der Waals surface area contributed by atoms with Crippen molar-refractivity contribution in [3.8, 4) is 0 Å². The monoisotopic (exact) mass is 282 g/mol. The standard InChI is InChI=1S/C15H30N4O/c1-7-19(8-9-20-6)15-14(11-16-10-12(2)3)13(4)17-18(15)5/h12,16H,7-11H2,1-6H3. The molecule has 0 aliphatic heterocycles. The lowest BCUT2D eigenvalue weighted by Crippen LogP contribution is -2.30. The van der Waals surface area contributed by atoms with Crippen LogP contribution in [-0.4, -0.2) is 43.1 Å².